The predicted molar refractivity (Wildman–Crippen MR) is 107 cm³/mol. The Morgan fingerprint density at radius 1 is 1.04 bits per heavy atom. The Hall–Kier alpha value is -2.82. The van der Waals surface area contributed by atoms with Gasteiger partial charge in [0, 0.05) is 13.6 Å². The molecule has 5 heteroatoms. The van der Waals surface area contributed by atoms with Gasteiger partial charge >= 0.3 is 0 Å². The molecule has 2 aromatic rings. The van der Waals surface area contributed by atoms with Crippen molar-refractivity contribution in [1.82, 2.24) is 10.2 Å². The Morgan fingerprint density at radius 2 is 1.67 bits per heavy atom. The van der Waals surface area contributed by atoms with E-state index in [4.69, 9.17) is 4.74 Å². The average molecular weight is 368 g/mol. The molecule has 0 bridgehead atoms. The molecular weight excluding hydrogens is 340 g/mol. The van der Waals surface area contributed by atoms with Gasteiger partial charge in [-0.2, -0.15) is 0 Å². The predicted octanol–water partition coefficient (Wildman–Crippen LogP) is 3.02. The van der Waals surface area contributed by atoms with E-state index in [0.717, 1.165) is 22.4 Å². The number of aryl methyl sites for hydroxylation is 2. The molecule has 1 atom stereocenters. The average Bonchev–Trinajstić information content (AvgIpc) is 2.68. The van der Waals surface area contributed by atoms with Gasteiger partial charge in [-0.15, -0.1) is 0 Å². The van der Waals surface area contributed by atoms with Crippen LogP contribution in [0.4, 0.5) is 0 Å². The third kappa shape index (κ3) is 5.33. The van der Waals surface area contributed by atoms with Crippen LogP contribution in [0.25, 0.3) is 0 Å². The molecule has 2 aromatic carbocycles. The Balaban J connectivity index is 2.22. The second kappa shape index (κ2) is 9.21. The van der Waals surface area contributed by atoms with Gasteiger partial charge in [0.2, 0.25) is 11.8 Å². The molecule has 0 aliphatic rings. The van der Waals surface area contributed by atoms with Crippen molar-refractivity contribution in [2.45, 2.75) is 39.8 Å². The molecule has 0 saturated carbocycles. The zero-order valence-electron chi connectivity index (χ0n) is 16.7. The fourth-order valence-electron chi connectivity index (χ4n) is 2.91. The van der Waals surface area contributed by atoms with E-state index in [0.29, 0.717) is 6.54 Å². The summed E-state index contributed by atoms with van der Waals surface area (Å²) >= 11 is 0. The normalized spacial score (nSPS) is 11.6. The standard InChI is InChI=1S/C22H28N2O3/c1-15-6-7-19(12-16(15)2)13-21(25)24(17(3)22(26)23-4)14-18-8-10-20(27-5)11-9-18/h6-12,17H,13-14H2,1-5H3,(H,23,26)/t17-/m1/s1. The van der Waals surface area contributed by atoms with Crippen LogP contribution in [0.2, 0.25) is 0 Å². The third-order valence-corrected chi connectivity index (χ3v) is 4.85. The Morgan fingerprint density at radius 3 is 2.22 bits per heavy atom. The first-order valence-corrected chi connectivity index (χ1v) is 9.05. The topological polar surface area (TPSA) is 58.6 Å². The Kier molecular flexibility index (Phi) is 6.99. The number of ether oxygens (including phenoxy) is 1. The van der Waals surface area contributed by atoms with Crippen molar-refractivity contribution >= 4 is 11.8 Å². The number of benzene rings is 2. The fraction of sp³-hybridized carbons (Fsp3) is 0.364. The zero-order valence-corrected chi connectivity index (χ0v) is 16.7. The summed E-state index contributed by atoms with van der Waals surface area (Å²) in [7, 11) is 3.19. The van der Waals surface area contributed by atoms with E-state index >= 15 is 0 Å². The SMILES string of the molecule is CNC(=O)[C@@H](C)N(Cc1ccc(OC)cc1)C(=O)Cc1ccc(C)c(C)c1. The summed E-state index contributed by atoms with van der Waals surface area (Å²) in [4.78, 5) is 26.8. The van der Waals surface area contributed by atoms with Gasteiger partial charge in [-0.05, 0) is 55.2 Å². The summed E-state index contributed by atoms with van der Waals surface area (Å²) in [5.74, 6) is 0.494. The second-order valence-corrected chi connectivity index (χ2v) is 6.76. The minimum absolute atomic E-state index is 0.0785. The molecule has 144 valence electrons. The van der Waals surface area contributed by atoms with E-state index in [-0.39, 0.29) is 18.2 Å². The maximum atomic E-state index is 13.0. The van der Waals surface area contributed by atoms with Crippen molar-refractivity contribution < 1.29 is 14.3 Å². The number of carbonyl (C=O) groups excluding carboxylic acids is 2. The highest BCUT2D eigenvalue weighted by atomic mass is 16.5. The lowest BCUT2D eigenvalue weighted by atomic mass is 10.0. The molecule has 2 rings (SSSR count). The van der Waals surface area contributed by atoms with E-state index in [1.165, 1.54) is 5.56 Å². The van der Waals surface area contributed by atoms with Gasteiger partial charge in [-0.3, -0.25) is 9.59 Å². The van der Waals surface area contributed by atoms with Crippen LogP contribution in [-0.4, -0.2) is 36.9 Å². The molecule has 0 saturated heterocycles. The fourth-order valence-corrected chi connectivity index (χ4v) is 2.91. The first kappa shape index (κ1) is 20.5. The lowest BCUT2D eigenvalue weighted by molar-refractivity contribution is -0.139. The molecule has 2 amide bonds. The quantitative estimate of drug-likeness (QED) is 0.817. The van der Waals surface area contributed by atoms with Crippen LogP contribution in [0.3, 0.4) is 0 Å². The van der Waals surface area contributed by atoms with E-state index < -0.39 is 6.04 Å². The van der Waals surface area contributed by atoms with E-state index in [9.17, 15) is 9.59 Å². The van der Waals surface area contributed by atoms with E-state index in [2.05, 4.69) is 5.32 Å². The molecule has 0 fully saturated rings. The number of nitrogens with zero attached hydrogens (tertiary/aromatic N) is 1. The van der Waals surface area contributed by atoms with Gasteiger partial charge < -0.3 is 15.0 Å². The largest absolute Gasteiger partial charge is 0.497 e. The first-order valence-electron chi connectivity index (χ1n) is 9.05. The van der Waals surface area contributed by atoms with Crippen molar-refractivity contribution in [2.24, 2.45) is 0 Å². The number of hydrogen-bond donors (Lipinski definition) is 1. The molecule has 5 nitrogen and oxygen atoms in total. The van der Waals surface area contributed by atoms with Gasteiger partial charge in [0.05, 0.1) is 13.5 Å². The van der Waals surface area contributed by atoms with Crippen LogP contribution >= 0.6 is 0 Å². The number of carbonyl (C=O) groups is 2. The van der Waals surface area contributed by atoms with Crippen molar-refractivity contribution in [3.05, 3.63) is 64.7 Å². The van der Waals surface area contributed by atoms with Crippen molar-refractivity contribution in [2.75, 3.05) is 14.2 Å². The lowest BCUT2D eigenvalue weighted by Gasteiger charge is -2.28. The molecule has 0 radical (unpaired) electrons. The monoisotopic (exact) mass is 368 g/mol. The summed E-state index contributed by atoms with van der Waals surface area (Å²) in [5.41, 5.74) is 4.24. The molecule has 1 N–H and O–H groups in total. The smallest absolute Gasteiger partial charge is 0.242 e. The van der Waals surface area contributed by atoms with Crippen molar-refractivity contribution in [3.8, 4) is 5.75 Å². The van der Waals surface area contributed by atoms with Crippen LogP contribution in [0.5, 0.6) is 5.75 Å². The van der Waals surface area contributed by atoms with Gasteiger partial charge in [0.1, 0.15) is 11.8 Å². The van der Waals surface area contributed by atoms with Gasteiger partial charge in [0.25, 0.3) is 0 Å². The number of rotatable bonds is 7. The summed E-state index contributed by atoms with van der Waals surface area (Å²) in [5, 5.41) is 2.63. The molecule has 0 aliphatic heterocycles. The van der Waals surface area contributed by atoms with Crippen molar-refractivity contribution in [3.63, 3.8) is 0 Å². The second-order valence-electron chi connectivity index (χ2n) is 6.76. The summed E-state index contributed by atoms with van der Waals surface area (Å²) in [6.07, 6.45) is 0.263. The van der Waals surface area contributed by atoms with Crippen LogP contribution in [0, 0.1) is 13.8 Å². The van der Waals surface area contributed by atoms with Gasteiger partial charge in [-0.1, -0.05) is 30.3 Å². The zero-order chi connectivity index (χ0) is 20.0. The number of nitrogens with one attached hydrogen (secondary N) is 1. The van der Waals surface area contributed by atoms with Crippen LogP contribution in [-0.2, 0) is 22.6 Å². The molecular formula is C22H28N2O3. The van der Waals surface area contributed by atoms with Crippen molar-refractivity contribution in [1.29, 1.82) is 0 Å². The summed E-state index contributed by atoms with van der Waals surface area (Å²) < 4.78 is 5.18. The minimum Gasteiger partial charge on any atom is -0.497 e. The van der Waals surface area contributed by atoms with Crippen LogP contribution in [0.15, 0.2) is 42.5 Å². The maximum Gasteiger partial charge on any atom is 0.242 e. The highest BCUT2D eigenvalue weighted by Crippen LogP contribution is 2.17. The summed E-state index contributed by atoms with van der Waals surface area (Å²) in [6.45, 7) is 6.19. The molecule has 0 aliphatic carbocycles. The van der Waals surface area contributed by atoms with Crippen LogP contribution in [0.1, 0.15) is 29.2 Å². The number of methoxy groups -OCH3 is 1. The molecule has 0 unspecified atom stereocenters. The van der Waals surface area contributed by atoms with Gasteiger partial charge in [-0.25, -0.2) is 0 Å². The first-order chi connectivity index (χ1) is 12.8. The van der Waals surface area contributed by atoms with Gasteiger partial charge in [0.15, 0.2) is 0 Å². The Labute approximate surface area is 161 Å². The minimum atomic E-state index is -0.559. The number of likely N-dealkylation sites (N-methyl/N-ethyl adjacent to an activating group) is 1. The van der Waals surface area contributed by atoms with Crippen LogP contribution < -0.4 is 10.1 Å². The molecule has 0 spiro atoms. The molecule has 0 heterocycles. The summed E-state index contributed by atoms with van der Waals surface area (Å²) in [6, 6.07) is 13.0. The molecule has 27 heavy (non-hydrogen) atoms. The highest BCUT2D eigenvalue weighted by molar-refractivity contribution is 5.88. The highest BCUT2D eigenvalue weighted by Gasteiger charge is 2.25. The maximum absolute atomic E-state index is 13.0. The van der Waals surface area contributed by atoms with E-state index in [1.807, 2.05) is 56.3 Å². The third-order valence-electron chi connectivity index (χ3n) is 4.85. The number of hydrogen-bond acceptors (Lipinski definition) is 3. The lowest BCUT2D eigenvalue weighted by Crippen LogP contribution is -2.47. The molecule has 0 aromatic heterocycles. The van der Waals surface area contributed by atoms with E-state index in [1.54, 1.807) is 26.0 Å². The number of amides is 2. The Bertz CT molecular complexity index is 800.